The maximum absolute atomic E-state index is 5.86. The van der Waals surface area contributed by atoms with Crippen LogP contribution in [0, 0.1) is 0 Å². The van der Waals surface area contributed by atoms with E-state index in [0.29, 0.717) is 0 Å². The highest BCUT2D eigenvalue weighted by atomic mass is 16.5. The molecular formula is C19H31N3O2. The highest BCUT2D eigenvalue weighted by molar-refractivity contribution is 5.31. The molecule has 1 aromatic carbocycles. The third-order valence-corrected chi connectivity index (χ3v) is 5.35. The molecule has 1 aromatic rings. The highest BCUT2D eigenvalue weighted by Crippen LogP contribution is 2.19. The van der Waals surface area contributed by atoms with E-state index in [1.165, 1.54) is 52.2 Å². The third kappa shape index (κ3) is 4.62. The van der Waals surface area contributed by atoms with E-state index in [-0.39, 0.29) is 0 Å². The number of likely N-dealkylation sites (N-methyl/N-ethyl adjacent to an activating group) is 1. The van der Waals surface area contributed by atoms with E-state index in [1.807, 2.05) is 24.3 Å². The topological polar surface area (TPSA) is 28.2 Å². The molecule has 5 nitrogen and oxygen atoms in total. The van der Waals surface area contributed by atoms with Crippen molar-refractivity contribution in [1.82, 2.24) is 14.7 Å². The van der Waals surface area contributed by atoms with Crippen LogP contribution in [0.5, 0.6) is 11.5 Å². The largest absolute Gasteiger partial charge is 0.497 e. The number of nitrogens with zero attached hydrogens (tertiary/aromatic N) is 3. The van der Waals surface area contributed by atoms with Crippen LogP contribution in [0.25, 0.3) is 0 Å². The van der Waals surface area contributed by atoms with Gasteiger partial charge in [0.2, 0.25) is 0 Å². The predicted molar refractivity (Wildman–Crippen MR) is 97.0 cm³/mol. The molecule has 1 unspecified atom stereocenters. The minimum Gasteiger partial charge on any atom is -0.497 e. The Hall–Kier alpha value is -1.30. The fraction of sp³-hybridized carbons (Fsp3) is 0.684. The zero-order chi connectivity index (χ0) is 16.8. The van der Waals surface area contributed by atoms with Crippen LogP contribution in [0.15, 0.2) is 24.3 Å². The average molecular weight is 333 g/mol. The van der Waals surface area contributed by atoms with Crippen LogP contribution in [0.1, 0.15) is 13.3 Å². The molecule has 0 radical (unpaired) electrons. The second-order valence-electron chi connectivity index (χ2n) is 6.74. The summed E-state index contributed by atoms with van der Waals surface area (Å²) in [6.45, 7) is 12.5. The minimum absolute atomic E-state index is 0.741. The van der Waals surface area contributed by atoms with E-state index < -0.39 is 0 Å². The smallest absolute Gasteiger partial charge is 0.119 e. The van der Waals surface area contributed by atoms with Gasteiger partial charge in [-0.2, -0.15) is 0 Å². The molecule has 0 spiro atoms. The molecular weight excluding hydrogens is 302 g/mol. The van der Waals surface area contributed by atoms with Crippen molar-refractivity contribution in [2.75, 3.05) is 66.1 Å². The summed E-state index contributed by atoms with van der Waals surface area (Å²) < 4.78 is 11.0. The standard InChI is InChI=1S/C19H31N3O2/c1-3-20-10-12-22(13-11-20)17-8-9-21(16-17)14-15-24-19-6-4-18(23-2)5-7-19/h4-7,17H,3,8-16H2,1-2H3. The molecule has 5 heteroatoms. The Kier molecular flexibility index (Phi) is 6.35. The maximum atomic E-state index is 5.86. The van der Waals surface area contributed by atoms with Gasteiger partial charge in [-0.15, -0.1) is 0 Å². The van der Waals surface area contributed by atoms with E-state index in [4.69, 9.17) is 9.47 Å². The van der Waals surface area contributed by atoms with Crippen LogP contribution in [0.3, 0.4) is 0 Å². The Balaban J connectivity index is 1.35. The number of benzene rings is 1. The quantitative estimate of drug-likeness (QED) is 0.759. The summed E-state index contributed by atoms with van der Waals surface area (Å²) in [6.07, 6.45) is 1.30. The van der Waals surface area contributed by atoms with Gasteiger partial charge in [0.1, 0.15) is 18.1 Å². The van der Waals surface area contributed by atoms with Crippen LogP contribution in [0.2, 0.25) is 0 Å². The van der Waals surface area contributed by atoms with Crippen molar-refractivity contribution in [3.8, 4) is 11.5 Å². The molecule has 2 saturated heterocycles. The molecule has 0 aromatic heterocycles. The number of methoxy groups -OCH3 is 1. The fourth-order valence-electron chi connectivity index (χ4n) is 3.72. The first-order chi connectivity index (χ1) is 11.8. The molecule has 3 rings (SSSR count). The second kappa shape index (κ2) is 8.70. The first-order valence-electron chi connectivity index (χ1n) is 9.24. The van der Waals surface area contributed by atoms with Crippen LogP contribution in [-0.4, -0.2) is 86.8 Å². The summed E-state index contributed by atoms with van der Waals surface area (Å²) in [5.41, 5.74) is 0. The lowest BCUT2D eigenvalue weighted by Crippen LogP contribution is -2.50. The lowest BCUT2D eigenvalue weighted by molar-refractivity contribution is 0.1000. The van der Waals surface area contributed by atoms with E-state index in [0.717, 1.165) is 30.7 Å². The van der Waals surface area contributed by atoms with Crippen LogP contribution < -0.4 is 9.47 Å². The zero-order valence-corrected chi connectivity index (χ0v) is 15.1. The number of ether oxygens (including phenoxy) is 2. The van der Waals surface area contributed by atoms with Crippen LogP contribution in [-0.2, 0) is 0 Å². The summed E-state index contributed by atoms with van der Waals surface area (Å²) >= 11 is 0. The molecule has 24 heavy (non-hydrogen) atoms. The van der Waals surface area contributed by atoms with Gasteiger partial charge < -0.3 is 14.4 Å². The Bertz CT molecular complexity index is 486. The molecule has 0 N–H and O–H groups in total. The van der Waals surface area contributed by atoms with Gasteiger partial charge in [-0.3, -0.25) is 9.80 Å². The van der Waals surface area contributed by atoms with Crippen molar-refractivity contribution in [3.63, 3.8) is 0 Å². The summed E-state index contributed by atoms with van der Waals surface area (Å²) in [5.74, 6) is 1.79. The third-order valence-electron chi connectivity index (χ3n) is 5.35. The van der Waals surface area contributed by atoms with Gasteiger partial charge in [-0.1, -0.05) is 6.92 Å². The molecule has 0 bridgehead atoms. The van der Waals surface area contributed by atoms with Crippen molar-refractivity contribution in [2.45, 2.75) is 19.4 Å². The normalized spacial score (nSPS) is 23.5. The number of hydrogen-bond acceptors (Lipinski definition) is 5. The van der Waals surface area contributed by atoms with Gasteiger partial charge in [0.05, 0.1) is 7.11 Å². The van der Waals surface area contributed by atoms with E-state index in [9.17, 15) is 0 Å². The molecule has 2 fully saturated rings. The molecule has 0 amide bonds. The van der Waals surface area contributed by atoms with Crippen LogP contribution in [0.4, 0.5) is 0 Å². The number of rotatable bonds is 7. The van der Waals surface area contributed by atoms with E-state index in [1.54, 1.807) is 7.11 Å². The lowest BCUT2D eigenvalue weighted by atomic mass is 10.2. The van der Waals surface area contributed by atoms with Gasteiger partial charge in [-0.05, 0) is 43.8 Å². The zero-order valence-electron chi connectivity index (χ0n) is 15.1. The summed E-state index contributed by atoms with van der Waals surface area (Å²) in [6, 6.07) is 8.57. The Morgan fingerprint density at radius 2 is 1.67 bits per heavy atom. The molecule has 0 saturated carbocycles. The second-order valence-corrected chi connectivity index (χ2v) is 6.74. The molecule has 134 valence electrons. The summed E-state index contributed by atoms with van der Waals surface area (Å²) in [5, 5.41) is 0. The Morgan fingerprint density at radius 1 is 0.958 bits per heavy atom. The summed E-state index contributed by atoms with van der Waals surface area (Å²) in [7, 11) is 1.68. The monoisotopic (exact) mass is 333 g/mol. The molecule has 2 heterocycles. The van der Waals surface area contributed by atoms with E-state index in [2.05, 4.69) is 21.6 Å². The number of hydrogen-bond donors (Lipinski definition) is 0. The van der Waals surface area contributed by atoms with Crippen LogP contribution >= 0.6 is 0 Å². The number of piperazine rings is 1. The fourth-order valence-corrected chi connectivity index (χ4v) is 3.72. The molecule has 1 atom stereocenters. The summed E-state index contributed by atoms with van der Waals surface area (Å²) in [4.78, 5) is 7.78. The number of likely N-dealkylation sites (tertiary alicyclic amines) is 1. The molecule has 2 aliphatic rings. The van der Waals surface area contributed by atoms with Gasteiger partial charge >= 0.3 is 0 Å². The predicted octanol–water partition coefficient (Wildman–Crippen LogP) is 1.79. The van der Waals surface area contributed by atoms with Crippen molar-refractivity contribution in [2.24, 2.45) is 0 Å². The maximum Gasteiger partial charge on any atom is 0.119 e. The molecule has 0 aliphatic carbocycles. The van der Waals surface area contributed by atoms with Crippen molar-refractivity contribution in [3.05, 3.63) is 24.3 Å². The van der Waals surface area contributed by atoms with Crippen molar-refractivity contribution >= 4 is 0 Å². The average Bonchev–Trinajstić information content (AvgIpc) is 3.11. The van der Waals surface area contributed by atoms with Gasteiger partial charge in [-0.25, -0.2) is 0 Å². The Labute approximate surface area is 146 Å². The van der Waals surface area contributed by atoms with Crippen molar-refractivity contribution in [1.29, 1.82) is 0 Å². The van der Waals surface area contributed by atoms with E-state index >= 15 is 0 Å². The first kappa shape index (κ1) is 17.5. The lowest BCUT2D eigenvalue weighted by Gasteiger charge is -2.37. The van der Waals surface area contributed by atoms with Gasteiger partial charge in [0, 0.05) is 45.3 Å². The van der Waals surface area contributed by atoms with Gasteiger partial charge in [0.25, 0.3) is 0 Å². The van der Waals surface area contributed by atoms with Gasteiger partial charge in [0.15, 0.2) is 0 Å². The highest BCUT2D eigenvalue weighted by Gasteiger charge is 2.29. The SMILES string of the molecule is CCN1CCN(C2CCN(CCOc3ccc(OC)cc3)C2)CC1. The van der Waals surface area contributed by atoms with Crippen molar-refractivity contribution < 1.29 is 9.47 Å². The molecule has 2 aliphatic heterocycles. The minimum atomic E-state index is 0.741. The Morgan fingerprint density at radius 3 is 2.33 bits per heavy atom. The first-order valence-corrected chi connectivity index (χ1v) is 9.24.